The summed E-state index contributed by atoms with van der Waals surface area (Å²) in [4.78, 5) is 34.0. The van der Waals surface area contributed by atoms with Gasteiger partial charge in [-0.1, -0.05) is 11.6 Å². The van der Waals surface area contributed by atoms with Gasteiger partial charge < -0.3 is 18.9 Å². The van der Waals surface area contributed by atoms with Crippen LogP contribution in [0.5, 0.6) is 0 Å². The zero-order valence-electron chi connectivity index (χ0n) is 15.6. The molecule has 2 atom stereocenters. The maximum Gasteiger partial charge on any atom is 0.274 e. The van der Waals surface area contributed by atoms with Crippen LogP contribution in [0.2, 0.25) is 5.02 Å². The first kappa shape index (κ1) is 17.9. The van der Waals surface area contributed by atoms with Crippen LogP contribution in [0, 0.1) is 11.8 Å². The predicted octanol–water partition coefficient (Wildman–Crippen LogP) is 2.09. The van der Waals surface area contributed by atoms with Gasteiger partial charge in [0.1, 0.15) is 11.3 Å². The van der Waals surface area contributed by atoms with Crippen molar-refractivity contribution in [2.75, 3.05) is 32.8 Å². The van der Waals surface area contributed by atoms with Crippen molar-refractivity contribution in [3.8, 4) is 0 Å². The second kappa shape index (κ2) is 7.04. The molecule has 0 unspecified atom stereocenters. The molecule has 0 aliphatic carbocycles. The van der Waals surface area contributed by atoms with Crippen LogP contribution in [0.4, 0.5) is 0 Å². The Morgan fingerprint density at radius 2 is 1.93 bits per heavy atom. The third-order valence-corrected chi connectivity index (χ3v) is 6.53. The molecule has 3 fully saturated rings. The zero-order valence-corrected chi connectivity index (χ0v) is 16.3. The molecule has 0 saturated carbocycles. The number of pyridine rings is 1. The maximum absolute atomic E-state index is 12.9. The van der Waals surface area contributed by atoms with E-state index >= 15 is 0 Å². The van der Waals surface area contributed by atoms with Gasteiger partial charge in [-0.05, 0) is 31.4 Å². The molecule has 0 aromatic carbocycles. The van der Waals surface area contributed by atoms with Gasteiger partial charge in [0.05, 0.1) is 5.02 Å². The van der Waals surface area contributed by atoms with Crippen LogP contribution in [0.3, 0.4) is 0 Å². The van der Waals surface area contributed by atoms with Crippen LogP contribution in [-0.2, 0) is 9.53 Å². The molecular formula is C20H23ClN4O3. The van der Waals surface area contributed by atoms with E-state index in [1.165, 1.54) is 0 Å². The molecule has 148 valence electrons. The lowest BCUT2D eigenvalue weighted by atomic mass is 9.81. The molecule has 2 aromatic rings. The largest absolute Gasteiger partial charge is 0.381 e. The Hall–Kier alpha value is -2.12. The number of amides is 2. The first-order chi connectivity index (χ1) is 13.6. The quantitative estimate of drug-likeness (QED) is 0.771. The molecular weight excluding hydrogens is 380 g/mol. The molecule has 0 radical (unpaired) electrons. The van der Waals surface area contributed by atoms with E-state index in [0.29, 0.717) is 42.0 Å². The molecule has 8 heteroatoms. The maximum atomic E-state index is 12.9. The van der Waals surface area contributed by atoms with Gasteiger partial charge >= 0.3 is 0 Å². The third-order valence-electron chi connectivity index (χ3n) is 6.30. The number of imidazole rings is 1. The van der Waals surface area contributed by atoms with E-state index in [0.717, 1.165) is 32.4 Å². The number of ether oxygens (including phenoxy) is 1. The highest BCUT2D eigenvalue weighted by Gasteiger charge is 2.46. The number of halogens is 1. The Kier molecular flexibility index (Phi) is 4.51. The van der Waals surface area contributed by atoms with Crippen molar-refractivity contribution in [2.24, 2.45) is 11.8 Å². The number of fused-ring (bicyclic) bond motifs is 2. The van der Waals surface area contributed by atoms with Crippen molar-refractivity contribution in [1.29, 1.82) is 0 Å². The SMILES string of the molecule is O=C(C1CCOCC1)N1CC[C@H]2[C@@H](C1)CN2C(=O)c1cn2cc(Cl)ccc2n1. The molecule has 5 heterocycles. The summed E-state index contributed by atoms with van der Waals surface area (Å²) in [7, 11) is 0. The fraction of sp³-hybridized carbons (Fsp3) is 0.550. The highest BCUT2D eigenvalue weighted by Crippen LogP contribution is 2.34. The van der Waals surface area contributed by atoms with Crippen LogP contribution in [0.15, 0.2) is 24.5 Å². The number of aromatic nitrogens is 2. The highest BCUT2D eigenvalue weighted by atomic mass is 35.5. The van der Waals surface area contributed by atoms with Gasteiger partial charge in [-0.2, -0.15) is 0 Å². The molecule has 2 aromatic heterocycles. The number of nitrogens with zero attached hydrogens (tertiary/aromatic N) is 4. The molecule has 3 saturated heterocycles. The normalized spacial score (nSPS) is 25.5. The van der Waals surface area contributed by atoms with E-state index in [2.05, 4.69) is 4.98 Å². The van der Waals surface area contributed by atoms with Crippen molar-refractivity contribution in [1.82, 2.24) is 19.2 Å². The average molecular weight is 403 g/mol. The van der Waals surface area contributed by atoms with Gasteiger partial charge in [-0.3, -0.25) is 9.59 Å². The van der Waals surface area contributed by atoms with E-state index < -0.39 is 0 Å². The second-order valence-corrected chi connectivity index (χ2v) is 8.42. The summed E-state index contributed by atoms with van der Waals surface area (Å²) in [6, 6.07) is 3.78. The molecule has 5 rings (SSSR count). The molecule has 3 aliphatic heterocycles. The van der Waals surface area contributed by atoms with Crippen LogP contribution in [0.25, 0.3) is 5.65 Å². The van der Waals surface area contributed by atoms with Crippen LogP contribution in [-0.4, -0.2) is 69.9 Å². The lowest BCUT2D eigenvalue weighted by Gasteiger charge is -2.53. The van der Waals surface area contributed by atoms with Crippen LogP contribution >= 0.6 is 11.6 Å². The summed E-state index contributed by atoms with van der Waals surface area (Å²) in [5, 5.41) is 0.606. The fourth-order valence-electron chi connectivity index (χ4n) is 4.71. The molecule has 0 bridgehead atoms. The van der Waals surface area contributed by atoms with Crippen molar-refractivity contribution >= 4 is 29.1 Å². The minimum atomic E-state index is -0.0368. The molecule has 0 N–H and O–H groups in total. The Balaban J connectivity index is 1.23. The Labute approximate surface area is 168 Å². The highest BCUT2D eigenvalue weighted by molar-refractivity contribution is 6.30. The van der Waals surface area contributed by atoms with Gasteiger partial charge in [0.2, 0.25) is 5.91 Å². The molecule has 28 heavy (non-hydrogen) atoms. The van der Waals surface area contributed by atoms with Gasteiger partial charge in [0.15, 0.2) is 0 Å². The summed E-state index contributed by atoms with van der Waals surface area (Å²) >= 11 is 6.01. The monoisotopic (exact) mass is 402 g/mol. The number of likely N-dealkylation sites (tertiary alicyclic amines) is 2. The standard InChI is InChI=1S/C20H23ClN4O3/c21-15-1-2-18-22-16(12-24(18)11-15)20(27)25-10-14-9-23(6-3-17(14)25)19(26)13-4-7-28-8-5-13/h1-2,11-14,17H,3-10H2/t14-,17-/m0/s1. The van der Waals surface area contributed by atoms with Gasteiger partial charge in [0.25, 0.3) is 5.91 Å². The van der Waals surface area contributed by atoms with Gasteiger partial charge in [0, 0.05) is 63.1 Å². The van der Waals surface area contributed by atoms with E-state index in [9.17, 15) is 9.59 Å². The van der Waals surface area contributed by atoms with E-state index in [1.807, 2.05) is 9.80 Å². The topological polar surface area (TPSA) is 67.2 Å². The minimum Gasteiger partial charge on any atom is -0.381 e. The molecule has 0 spiro atoms. The van der Waals surface area contributed by atoms with Crippen molar-refractivity contribution < 1.29 is 14.3 Å². The molecule has 3 aliphatic rings. The van der Waals surface area contributed by atoms with Crippen molar-refractivity contribution in [2.45, 2.75) is 25.3 Å². The summed E-state index contributed by atoms with van der Waals surface area (Å²) in [5.41, 5.74) is 1.16. The first-order valence-electron chi connectivity index (χ1n) is 9.92. The smallest absolute Gasteiger partial charge is 0.274 e. The van der Waals surface area contributed by atoms with Gasteiger partial charge in [-0.15, -0.1) is 0 Å². The predicted molar refractivity (Wildman–Crippen MR) is 103 cm³/mol. The Bertz CT molecular complexity index is 923. The summed E-state index contributed by atoms with van der Waals surface area (Å²) in [6.07, 6.45) is 5.98. The number of hydrogen-bond acceptors (Lipinski definition) is 4. The number of carbonyl (C=O) groups excluding carboxylic acids is 2. The number of piperidine rings is 1. The van der Waals surface area contributed by atoms with Crippen LogP contribution < -0.4 is 0 Å². The molecule has 7 nitrogen and oxygen atoms in total. The van der Waals surface area contributed by atoms with E-state index in [-0.39, 0.29) is 23.8 Å². The lowest BCUT2D eigenvalue weighted by Crippen LogP contribution is -2.65. The number of rotatable bonds is 2. The van der Waals surface area contributed by atoms with E-state index in [4.69, 9.17) is 16.3 Å². The first-order valence-corrected chi connectivity index (χ1v) is 10.3. The minimum absolute atomic E-state index is 0.0368. The fourth-order valence-corrected chi connectivity index (χ4v) is 4.88. The van der Waals surface area contributed by atoms with Gasteiger partial charge in [-0.25, -0.2) is 4.98 Å². The lowest BCUT2D eigenvalue weighted by molar-refractivity contribution is -0.144. The second-order valence-electron chi connectivity index (χ2n) is 7.98. The Morgan fingerprint density at radius 3 is 2.71 bits per heavy atom. The third kappa shape index (κ3) is 3.06. The summed E-state index contributed by atoms with van der Waals surface area (Å²) in [5.74, 6) is 0.704. The van der Waals surface area contributed by atoms with Crippen LogP contribution in [0.1, 0.15) is 29.8 Å². The van der Waals surface area contributed by atoms with E-state index in [1.54, 1.807) is 28.9 Å². The summed E-state index contributed by atoms with van der Waals surface area (Å²) in [6.45, 7) is 3.54. The number of hydrogen-bond donors (Lipinski definition) is 0. The van der Waals surface area contributed by atoms with Crippen molar-refractivity contribution in [3.05, 3.63) is 35.2 Å². The zero-order chi connectivity index (χ0) is 19.3. The van der Waals surface area contributed by atoms with Crippen molar-refractivity contribution in [3.63, 3.8) is 0 Å². The Morgan fingerprint density at radius 1 is 1.11 bits per heavy atom. The number of carbonyl (C=O) groups is 2. The summed E-state index contributed by atoms with van der Waals surface area (Å²) < 4.78 is 7.15. The average Bonchev–Trinajstić information content (AvgIpc) is 3.12. The molecule has 2 amide bonds.